The molecule has 1 atom stereocenters. The maximum Gasteiger partial charge on any atom is 0.167 e. The van der Waals surface area contributed by atoms with Crippen molar-refractivity contribution in [3.8, 4) is 5.75 Å². The van der Waals surface area contributed by atoms with Crippen LogP contribution in [0.4, 0.5) is 4.39 Å². The van der Waals surface area contributed by atoms with E-state index in [1.165, 1.54) is 0 Å². The SMILES string of the molecule is Cc1cccc(OCC(O)C2CC2)c1F. The smallest absolute Gasteiger partial charge is 0.167 e. The zero-order chi connectivity index (χ0) is 10.8. The van der Waals surface area contributed by atoms with Gasteiger partial charge >= 0.3 is 0 Å². The number of hydrogen-bond donors (Lipinski definition) is 1. The van der Waals surface area contributed by atoms with E-state index in [0.29, 0.717) is 11.5 Å². The first-order valence-electron chi connectivity index (χ1n) is 5.24. The molecule has 0 aliphatic heterocycles. The minimum atomic E-state index is -0.454. The molecule has 1 aliphatic carbocycles. The van der Waals surface area contributed by atoms with Crippen LogP contribution in [0, 0.1) is 18.7 Å². The quantitative estimate of drug-likeness (QED) is 0.826. The average Bonchev–Trinajstić information content (AvgIpc) is 3.03. The van der Waals surface area contributed by atoms with Crippen molar-refractivity contribution in [2.24, 2.45) is 5.92 Å². The fourth-order valence-corrected chi connectivity index (χ4v) is 1.52. The van der Waals surface area contributed by atoms with Gasteiger partial charge in [-0.25, -0.2) is 4.39 Å². The Morgan fingerprint density at radius 2 is 2.27 bits per heavy atom. The van der Waals surface area contributed by atoms with Gasteiger partial charge < -0.3 is 9.84 Å². The number of halogens is 1. The molecule has 15 heavy (non-hydrogen) atoms. The summed E-state index contributed by atoms with van der Waals surface area (Å²) in [5.41, 5.74) is 0.563. The monoisotopic (exact) mass is 210 g/mol. The average molecular weight is 210 g/mol. The highest BCUT2D eigenvalue weighted by Crippen LogP contribution is 2.33. The normalized spacial score (nSPS) is 17.5. The Morgan fingerprint density at radius 3 is 2.93 bits per heavy atom. The molecular weight excluding hydrogens is 195 g/mol. The molecule has 1 aromatic rings. The minimum Gasteiger partial charge on any atom is -0.488 e. The number of benzene rings is 1. The Labute approximate surface area is 88.7 Å². The molecule has 3 heteroatoms. The molecule has 0 saturated heterocycles. The maximum absolute atomic E-state index is 13.5. The molecule has 2 rings (SSSR count). The lowest BCUT2D eigenvalue weighted by molar-refractivity contribution is 0.0874. The summed E-state index contributed by atoms with van der Waals surface area (Å²) in [7, 11) is 0. The van der Waals surface area contributed by atoms with Gasteiger partial charge in [-0.1, -0.05) is 12.1 Å². The lowest BCUT2D eigenvalue weighted by Gasteiger charge is -2.12. The lowest BCUT2D eigenvalue weighted by Crippen LogP contribution is -2.19. The van der Waals surface area contributed by atoms with Crippen molar-refractivity contribution < 1.29 is 14.2 Å². The van der Waals surface area contributed by atoms with Crippen LogP contribution in [0.25, 0.3) is 0 Å². The van der Waals surface area contributed by atoms with Crippen LogP contribution in [0.1, 0.15) is 18.4 Å². The number of hydrogen-bond acceptors (Lipinski definition) is 2. The first-order valence-corrected chi connectivity index (χ1v) is 5.24. The van der Waals surface area contributed by atoms with E-state index in [1.807, 2.05) is 0 Å². The van der Waals surface area contributed by atoms with Gasteiger partial charge in [0.05, 0.1) is 6.10 Å². The van der Waals surface area contributed by atoms with Gasteiger partial charge in [-0.05, 0) is 37.3 Å². The zero-order valence-electron chi connectivity index (χ0n) is 8.74. The van der Waals surface area contributed by atoms with E-state index in [2.05, 4.69) is 0 Å². The molecule has 0 spiro atoms. The first kappa shape index (κ1) is 10.4. The molecule has 1 saturated carbocycles. The predicted molar refractivity (Wildman–Crippen MR) is 55.4 cm³/mol. The number of aliphatic hydroxyl groups is 1. The highest BCUT2D eigenvalue weighted by molar-refractivity contribution is 5.30. The van der Waals surface area contributed by atoms with Crippen LogP contribution in [-0.4, -0.2) is 17.8 Å². The highest BCUT2D eigenvalue weighted by atomic mass is 19.1. The molecule has 1 unspecified atom stereocenters. The van der Waals surface area contributed by atoms with Crippen LogP contribution in [0.3, 0.4) is 0 Å². The van der Waals surface area contributed by atoms with E-state index in [4.69, 9.17) is 4.74 Å². The summed E-state index contributed by atoms with van der Waals surface area (Å²) < 4.78 is 18.7. The fourth-order valence-electron chi connectivity index (χ4n) is 1.52. The van der Waals surface area contributed by atoms with Crippen molar-refractivity contribution in [2.75, 3.05) is 6.61 Å². The molecule has 0 amide bonds. The van der Waals surface area contributed by atoms with Crippen molar-refractivity contribution in [3.05, 3.63) is 29.6 Å². The fraction of sp³-hybridized carbons (Fsp3) is 0.500. The Morgan fingerprint density at radius 1 is 1.53 bits per heavy atom. The van der Waals surface area contributed by atoms with Crippen molar-refractivity contribution >= 4 is 0 Å². The number of aliphatic hydroxyl groups excluding tert-OH is 1. The molecule has 1 aliphatic rings. The number of ether oxygens (including phenoxy) is 1. The van der Waals surface area contributed by atoms with Gasteiger partial charge in [0.15, 0.2) is 11.6 Å². The maximum atomic E-state index is 13.5. The predicted octanol–water partition coefficient (Wildman–Crippen LogP) is 2.28. The second kappa shape index (κ2) is 4.19. The van der Waals surface area contributed by atoms with Crippen LogP contribution >= 0.6 is 0 Å². The van der Waals surface area contributed by atoms with E-state index in [0.717, 1.165) is 12.8 Å². The second-order valence-electron chi connectivity index (χ2n) is 4.10. The molecule has 82 valence electrons. The third-order valence-electron chi connectivity index (χ3n) is 2.73. The van der Waals surface area contributed by atoms with Gasteiger partial charge in [0.2, 0.25) is 0 Å². The topological polar surface area (TPSA) is 29.5 Å². The summed E-state index contributed by atoms with van der Waals surface area (Å²) in [5.74, 6) is 0.257. The van der Waals surface area contributed by atoms with Crippen LogP contribution in [0.15, 0.2) is 18.2 Å². The van der Waals surface area contributed by atoms with Gasteiger partial charge in [-0.2, -0.15) is 0 Å². The van der Waals surface area contributed by atoms with Crippen molar-refractivity contribution in [3.63, 3.8) is 0 Å². The minimum absolute atomic E-state index is 0.186. The summed E-state index contributed by atoms with van der Waals surface area (Å²) in [5, 5.41) is 9.56. The largest absolute Gasteiger partial charge is 0.488 e. The Balaban J connectivity index is 1.95. The standard InChI is InChI=1S/C12H15FO2/c1-8-3-2-4-11(12(8)13)15-7-10(14)9-5-6-9/h2-4,9-10,14H,5-7H2,1H3. The highest BCUT2D eigenvalue weighted by Gasteiger charge is 2.30. The molecular formula is C12H15FO2. The van der Waals surface area contributed by atoms with Crippen molar-refractivity contribution in [1.29, 1.82) is 0 Å². The molecule has 0 heterocycles. The van der Waals surface area contributed by atoms with Crippen molar-refractivity contribution in [2.45, 2.75) is 25.9 Å². The molecule has 0 aromatic heterocycles. The summed E-state index contributed by atoms with van der Waals surface area (Å²) >= 11 is 0. The Hall–Kier alpha value is -1.09. The number of aryl methyl sites for hydroxylation is 1. The van der Waals surface area contributed by atoms with E-state index >= 15 is 0 Å². The molecule has 0 radical (unpaired) electrons. The zero-order valence-corrected chi connectivity index (χ0v) is 8.74. The molecule has 1 N–H and O–H groups in total. The van der Waals surface area contributed by atoms with E-state index < -0.39 is 6.10 Å². The third-order valence-corrected chi connectivity index (χ3v) is 2.73. The third kappa shape index (κ3) is 2.48. The second-order valence-corrected chi connectivity index (χ2v) is 4.10. The lowest BCUT2D eigenvalue weighted by atomic mass is 10.2. The van der Waals surface area contributed by atoms with E-state index in [-0.39, 0.29) is 18.2 Å². The van der Waals surface area contributed by atoms with Gasteiger partial charge in [-0.3, -0.25) is 0 Å². The number of rotatable bonds is 4. The Kier molecular flexibility index (Phi) is 2.91. The van der Waals surface area contributed by atoms with E-state index in [1.54, 1.807) is 25.1 Å². The summed E-state index contributed by atoms with van der Waals surface area (Å²) in [4.78, 5) is 0. The van der Waals surface area contributed by atoms with Gasteiger partial charge in [0.1, 0.15) is 6.61 Å². The summed E-state index contributed by atoms with van der Waals surface area (Å²) in [6.45, 7) is 1.88. The molecule has 0 bridgehead atoms. The Bertz CT molecular complexity index is 347. The molecule has 1 fully saturated rings. The summed E-state index contributed by atoms with van der Waals surface area (Å²) in [6.07, 6.45) is 1.66. The molecule has 1 aromatic carbocycles. The summed E-state index contributed by atoms with van der Waals surface area (Å²) in [6, 6.07) is 5.03. The van der Waals surface area contributed by atoms with Gasteiger partial charge in [0.25, 0.3) is 0 Å². The van der Waals surface area contributed by atoms with Crippen LogP contribution in [-0.2, 0) is 0 Å². The first-order chi connectivity index (χ1) is 7.18. The van der Waals surface area contributed by atoms with Crippen molar-refractivity contribution in [1.82, 2.24) is 0 Å². The van der Waals surface area contributed by atoms with Gasteiger partial charge in [0, 0.05) is 0 Å². The van der Waals surface area contributed by atoms with Crippen LogP contribution in [0.5, 0.6) is 5.75 Å². The van der Waals surface area contributed by atoms with E-state index in [9.17, 15) is 9.50 Å². The van der Waals surface area contributed by atoms with Gasteiger partial charge in [-0.15, -0.1) is 0 Å². The van der Waals surface area contributed by atoms with Crippen LogP contribution < -0.4 is 4.74 Å². The molecule has 2 nitrogen and oxygen atoms in total. The van der Waals surface area contributed by atoms with Crippen LogP contribution in [0.2, 0.25) is 0 Å².